The highest BCUT2D eigenvalue weighted by molar-refractivity contribution is 6.29. The van der Waals surface area contributed by atoms with E-state index in [0.29, 0.717) is 44.4 Å². The first-order valence-electron chi connectivity index (χ1n) is 9.50. The quantitative estimate of drug-likeness (QED) is 0.345. The second-order valence-electron chi connectivity index (χ2n) is 6.45. The van der Waals surface area contributed by atoms with E-state index in [1.807, 2.05) is 6.07 Å². The van der Waals surface area contributed by atoms with Crippen molar-refractivity contribution in [2.24, 2.45) is 0 Å². The molecule has 14 heteroatoms. The summed E-state index contributed by atoms with van der Waals surface area (Å²) in [5, 5.41) is 21.9. The average Bonchev–Trinajstić information content (AvgIpc) is 3.57. The van der Waals surface area contributed by atoms with Gasteiger partial charge in [0.2, 0.25) is 0 Å². The van der Waals surface area contributed by atoms with E-state index >= 15 is 0 Å². The van der Waals surface area contributed by atoms with E-state index in [0.717, 1.165) is 5.65 Å². The zero-order valence-corrected chi connectivity index (χ0v) is 19.3. The second kappa shape index (κ2) is 10.5. The molecule has 6 heterocycles. The van der Waals surface area contributed by atoms with Gasteiger partial charge in [-0.25, -0.2) is 28.5 Å². The Bertz CT molecular complexity index is 1580. The molecule has 0 aromatic carbocycles. The van der Waals surface area contributed by atoms with Crippen molar-refractivity contribution >= 4 is 58.0 Å². The van der Waals surface area contributed by atoms with E-state index < -0.39 is 0 Å². The molecular formula is C20H14Cl3N9O2. The number of nitrogens with zero attached hydrogens (tertiary/aromatic N) is 9. The number of aldehydes is 1. The normalized spacial score (nSPS) is 10.6. The lowest BCUT2D eigenvalue weighted by atomic mass is 10.5. The number of rotatable bonds is 2. The molecule has 0 atom stereocenters. The fourth-order valence-electron chi connectivity index (χ4n) is 2.75. The third-order valence-electron chi connectivity index (χ3n) is 4.26. The molecule has 0 amide bonds. The van der Waals surface area contributed by atoms with Crippen molar-refractivity contribution in [3.63, 3.8) is 0 Å². The van der Waals surface area contributed by atoms with Crippen molar-refractivity contribution in [2.45, 2.75) is 6.61 Å². The summed E-state index contributed by atoms with van der Waals surface area (Å²) in [7, 11) is 0. The van der Waals surface area contributed by atoms with E-state index in [4.69, 9.17) is 39.9 Å². The molecule has 0 unspecified atom stereocenters. The number of aliphatic hydroxyl groups is 1. The van der Waals surface area contributed by atoms with Crippen LogP contribution in [0.1, 0.15) is 16.2 Å². The van der Waals surface area contributed by atoms with Crippen molar-refractivity contribution in [3.05, 3.63) is 88.0 Å². The second-order valence-corrected chi connectivity index (χ2v) is 7.61. The molecule has 0 fully saturated rings. The van der Waals surface area contributed by atoms with Gasteiger partial charge in [0.25, 0.3) is 0 Å². The van der Waals surface area contributed by atoms with Crippen LogP contribution in [0.3, 0.4) is 0 Å². The maximum absolute atomic E-state index is 10.4. The lowest BCUT2D eigenvalue weighted by molar-refractivity contribution is 0.111. The van der Waals surface area contributed by atoms with E-state index in [-0.39, 0.29) is 6.61 Å². The Morgan fingerprint density at radius 2 is 1.35 bits per heavy atom. The number of fused-ring (bicyclic) bond motifs is 3. The van der Waals surface area contributed by atoms with Crippen molar-refractivity contribution in [1.82, 2.24) is 43.8 Å². The molecule has 0 aliphatic carbocycles. The summed E-state index contributed by atoms with van der Waals surface area (Å²) in [6.07, 6.45) is 7.13. The van der Waals surface area contributed by atoms with Crippen molar-refractivity contribution in [3.8, 4) is 0 Å². The Balaban J connectivity index is 0.000000121. The van der Waals surface area contributed by atoms with Gasteiger partial charge in [0, 0.05) is 12.4 Å². The third kappa shape index (κ3) is 5.29. The highest BCUT2D eigenvalue weighted by atomic mass is 35.5. The number of aromatic nitrogens is 9. The lowest BCUT2D eigenvalue weighted by Crippen LogP contribution is -1.96. The Labute approximate surface area is 206 Å². The minimum Gasteiger partial charge on any atom is -0.390 e. The van der Waals surface area contributed by atoms with Crippen LogP contribution in [0.4, 0.5) is 0 Å². The summed E-state index contributed by atoms with van der Waals surface area (Å²) < 4.78 is 4.54. The van der Waals surface area contributed by atoms with Crippen molar-refractivity contribution in [1.29, 1.82) is 0 Å². The van der Waals surface area contributed by atoms with Crippen LogP contribution in [0.15, 0.2) is 61.2 Å². The van der Waals surface area contributed by atoms with Gasteiger partial charge >= 0.3 is 0 Å². The number of halogens is 3. The lowest BCUT2D eigenvalue weighted by Gasteiger charge is -1.95. The first-order chi connectivity index (χ1) is 16.5. The minimum atomic E-state index is -0.0888. The number of imidazole rings is 3. The Morgan fingerprint density at radius 3 is 2.03 bits per heavy atom. The van der Waals surface area contributed by atoms with Crippen LogP contribution < -0.4 is 0 Å². The molecule has 0 aliphatic rings. The minimum absolute atomic E-state index is 0.0888. The fraction of sp³-hybridized carbons (Fsp3) is 0.0500. The van der Waals surface area contributed by atoms with Crippen LogP contribution in [-0.4, -0.2) is 55.2 Å². The molecule has 11 nitrogen and oxygen atoms in total. The number of carbonyl (C=O) groups is 1. The van der Waals surface area contributed by atoms with Gasteiger partial charge in [-0.15, -0.1) is 0 Å². The molecule has 172 valence electrons. The molecule has 1 N–H and O–H groups in total. The van der Waals surface area contributed by atoms with Gasteiger partial charge in [-0.1, -0.05) is 34.8 Å². The summed E-state index contributed by atoms with van der Waals surface area (Å²) in [6.45, 7) is -0.0888. The van der Waals surface area contributed by atoms with E-state index in [9.17, 15) is 4.79 Å². The number of carbonyl (C=O) groups excluding carboxylic acids is 1. The van der Waals surface area contributed by atoms with E-state index in [1.165, 1.54) is 15.2 Å². The van der Waals surface area contributed by atoms with Crippen molar-refractivity contribution in [2.75, 3.05) is 0 Å². The molecule has 0 aliphatic heterocycles. The molecule has 0 bridgehead atoms. The maximum atomic E-state index is 10.4. The topological polar surface area (TPSA) is 128 Å². The van der Waals surface area contributed by atoms with Gasteiger partial charge < -0.3 is 5.11 Å². The van der Waals surface area contributed by atoms with Gasteiger partial charge in [-0.2, -0.15) is 15.3 Å². The molecule has 34 heavy (non-hydrogen) atoms. The zero-order chi connectivity index (χ0) is 24.1. The van der Waals surface area contributed by atoms with Crippen LogP contribution in [0.5, 0.6) is 0 Å². The van der Waals surface area contributed by atoms with E-state index in [1.54, 1.807) is 53.4 Å². The predicted molar refractivity (Wildman–Crippen MR) is 125 cm³/mol. The molecule has 0 saturated heterocycles. The molecule has 0 saturated carbocycles. The van der Waals surface area contributed by atoms with Crippen LogP contribution in [0.2, 0.25) is 15.5 Å². The standard InChI is InChI=1S/C7H6ClN3O.C7H4ClN3O.C6H4ClN3/c2*8-6-1-2-7-9-3-5(4-12)11(7)10-6;7-5-1-2-6-8-3-4-10(6)9-5/h1-3,12H,4H2;1-4H;1-4H. The summed E-state index contributed by atoms with van der Waals surface area (Å²) in [4.78, 5) is 22.4. The maximum Gasteiger partial charge on any atom is 0.170 e. The molecule has 0 radical (unpaired) electrons. The monoisotopic (exact) mass is 517 g/mol. The van der Waals surface area contributed by atoms with Crippen LogP contribution >= 0.6 is 34.8 Å². The summed E-state index contributed by atoms with van der Waals surface area (Å²) in [6, 6.07) is 10.2. The van der Waals surface area contributed by atoms with Gasteiger partial charge in [-0.05, 0) is 36.4 Å². The molecule has 6 aromatic rings. The molecule has 6 rings (SSSR count). The highest BCUT2D eigenvalue weighted by Gasteiger charge is 2.03. The van der Waals surface area contributed by atoms with Gasteiger partial charge in [0.1, 0.15) is 21.2 Å². The largest absolute Gasteiger partial charge is 0.390 e. The highest BCUT2D eigenvalue weighted by Crippen LogP contribution is 2.09. The number of hydrogen-bond acceptors (Lipinski definition) is 8. The average molecular weight is 519 g/mol. The van der Waals surface area contributed by atoms with Crippen LogP contribution in [0.25, 0.3) is 16.9 Å². The van der Waals surface area contributed by atoms with Gasteiger partial charge in [-0.3, -0.25) is 4.79 Å². The predicted octanol–water partition coefficient (Wildman–Crippen LogP) is 3.45. The Hall–Kier alpha value is -3.64. The molecule has 6 aromatic heterocycles. The molecule has 0 spiro atoms. The first kappa shape index (κ1) is 23.5. The third-order valence-corrected chi connectivity index (χ3v) is 4.87. The van der Waals surface area contributed by atoms with E-state index in [2.05, 4.69) is 30.2 Å². The Morgan fingerprint density at radius 1 is 0.765 bits per heavy atom. The smallest absolute Gasteiger partial charge is 0.170 e. The summed E-state index contributed by atoms with van der Waals surface area (Å²) >= 11 is 16.9. The zero-order valence-electron chi connectivity index (χ0n) is 17.1. The Kier molecular flexibility index (Phi) is 7.28. The number of hydrogen-bond donors (Lipinski definition) is 1. The summed E-state index contributed by atoms with van der Waals surface area (Å²) in [5.74, 6) is 0. The van der Waals surface area contributed by atoms with Gasteiger partial charge in [0.05, 0.1) is 24.7 Å². The molecular weight excluding hydrogens is 505 g/mol. The van der Waals surface area contributed by atoms with Gasteiger partial charge in [0.15, 0.2) is 23.2 Å². The number of aliphatic hydroxyl groups excluding tert-OH is 1. The summed E-state index contributed by atoms with van der Waals surface area (Å²) in [5.41, 5.74) is 3.13. The fourth-order valence-corrected chi connectivity index (χ4v) is 3.17. The van der Waals surface area contributed by atoms with Crippen LogP contribution in [-0.2, 0) is 6.61 Å². The van der Waals surface area contributed by atoms with Crippen molar-refractivity contribution < 1.29 is 9.90 Å². The SMILES string of the molecule is Clc1ccc2nccn2n1.O=Cc1cnc2ccc(Cl)nn12.OCc1cnc2ccc(Cl)nn12. The first-order valence-corrected chi connectivity index (χ1v) is 10.6. The van der Waals surface area contributed by atoms with Crippen LogP contribution in [0, 0.1) is 0 Å².